The van der Waals surface area contributed by atoms with E-state index in [1.165, 1.54) is 18.2 Å². The Kier molecular flexibility index (Phi) is 7.90. The Balaban J connectivity index is 2.02. The third-order valence-electron chi connectivity index (χ3n) is 3.81. The van der Waals surface area contributed by atoms with E-state index in [1.807, 2.05) is 0 Å². The monoisotopic (exact) mass is 425 g/mol. The van der Waals surface area contributed by atoms with E-state index >= 15 is 0 Å². The lowest BCUT2D eigenvalue weighted by Crippen LogP contribution is -2.24. The Morgan fingerprint density at radius 3 is 2.55 bits per heavy atom. The van der Waals surface area contributed by atoms with Crippen molar-refractivity contribution in [3.05, 3.63) is 52.2 Å². The molecule has 1 aromatic heterocycles. The summed E-state index contributed by atoms with van der Waals surface area (Å²) in [6.45, 7) is 4.66. The van der Waals surface area contributed by atoms with Crippen molar-refractivity contribution >= 4 is 29.2 Å². The highest BCUT2D eigenvalue weighted by Crippen LogP contribution is 2.26. The van der Waals surface area contributed by atoms with Gasteiger partial charge in [-0.2, -0.15) is 0 Å². The van der Waals surface area contributed by atoms with E-state index in [4.69, 9.17) is 16.3 Å². The number of alkyl halides is 2. The zero-order valence-corrected chi connectivity index (χ0v) is 17.0. The summed E-state index contributed by atoms with van der Waals surface area (Å²) in [5.41, 5.74) is 1.60. The molecule has 2 rings (SSSR count). The summed E-state index contributed by atoms with van der Waals surface area (Å²) in [5.74, 6) is -0.315. The van der Waals surface area contributed by atoms with Gasteiger partial charge in [-0.05, 0) is 36.8 Å². The van der Waals surface area contributed by atoms with E-state index in [0.717, 1.165) is 0 Å². The number of carbonyl (C=O) groups is 2. The van der Waals surface area contributed by atoms with Crippen LogP contribution in [0.2, 0.25) is 5.02 Å². The van der Waals surface area contributed by atoms with Crippen molar-refractivity contribution in [2.24, 2.45) is 5.92 Å². The van der Waals surface area contributed by atoms with Gasteiger partial charge < -0.3 is 15.4 Å². The zero-order chi connectivity index (χ0) is 21.6. The molecule has 0 fully saturated rings. The van der Waals surface area contributed by atoms with Crippen LogP contribution in [0.25, 0.3) is 0 Å². The summed E-state index contributed by atoms with van der Waals surface area (Å²) in [5, 5.41) is 5.59. The van der Waals surface area contributed by atoms with E-state index in [9.17, 15) is 18.4 Å². The normalized spacial score (nSPS) is 10.9. The lowest BCUT2D eigenvalue weighted by atomic mass is 10.1. The van der Waals surface area contributed by atoms with Gasteiger partial charge in [-0.25, -0.2) is 13.8 Å². The molecule has 9 heteroatoms. The minimum absolute atomic E-state index is 0.150. The van der Waals surface area contributed by atoms with Crippen molar-refractivity contribution in [2.75, 3.05) is 11.9 Å². The molecule has 0 aliphatic carbocycles. The number of aromatic nitrogens is 1. The van der Waals surface area contributed by atoms with Crippen LogP contribution >= 0.6 is 11.6 Å². The molecule has 0 saturated heterocycles. The number of halogens is 3. The Labute approximate surface area is 172 Å². The summed E-state index contributed by atoms with van der Waals surface area (Å²) in [6, 6.07) is 7.74. The van der Waals surface area contributed by atoms with Gasteiger partial charge in [0, 0.05) is 23.7 Å². The highest BCUT2D eigenvalue weighted by molar-refractivity contribution is 6.32. The maximum atomic E-state index is 12.5. The number of rotatable bonds is 8. The second kappa shape index (κ2) is 10.2. The van der Waals surface area contributed by atoms with Crippen LogP contribution in [0.1, 0.15) is 35.5 Å². The molecule has 0 aliphatic rings. The second-order valence-corrected chi connectivity index (χ2v) is 7.08. The lowest BCUT2D eigenvalue weighted by molar-refractivity contribution is -0.118. The van der Waals surface area contributed by atoms with Gasteiger partial charge in [0.15, 0.2) is 0 Å². The predicted molar refractivity (Wildman–Crippen MR) is 107 cm³/mol. The Hall–Kier alpha value is -2.74. The van der Waals surface area contributed by atoms with Gasteiger partial charge in [-0.3, -0.25) is 9.59 Å². The van der Waals surface area contributed by atoms with Crippen LogP contribution in [0.3, 0.4) is 0 Å². The number of amides is 2. The maximum Gasteiger partial charge on any atom is 0.272 e. The number of carbonyl (C=O) groups excluding carboxylic acids is 2. The van der Waals surface area contributed by atoms with Crippen LogP contribution in [0.4, 0.5) is 14.6 Å². The first-order chi connectivity index (χ1) is 13.7. The van der Waals surface area contributed by atoms with E-state index in [-0.39, 0.29) is 35.0 Å². The van der Waals surface area contributed by atoms with Gasteiger partial charge in [-0.15, -0.1) is 0 Å². The average molecular weight is 426 g/mol. The van der Waals surface area contributed by atoms with Crippen molar-refractivity contribution < 1.29 is 23.1 Å². The third kappa shape index (κ3) is 6.98. The number of pyridine rings is 1. The Bertz CT molecular complexity index is 891. The molecular weight excluding hydrogens is 404 g/mol. The molecule has 2 aromatic rings. The fourth-order valence-electron chi connectivity index (χ4n) is 2.34. The highest BCUT2D eigenvalue weighted by atomic mass is 35.5. The molecule has 1 aromatic carbocycles. The average Bonchev–Trinajstić information content (AvgIpc) is 2.64. The zero-order valence-electron chi connectivity index (χ0n) is 16.3. The number of benzene rings is 1. The van der Waals surface area contributed by atoms with Crippen molar-refractivity contribution in [2.45, 2.75) is 33.7 Å². The highest BCUT2D eigenvalue weighted by Gasteiger charge is 2.13. The van der Waals surface area contributed by atoms with Crippen molar-refractivity contribution in [3.63, 3.8) is 0 Å². The van der Waals surface area contributed by atoms with Gasteiger partial charge in [0.1, 0.15) is 18.2 Å². The van der Waals surface area contributed by atoms with Crippen molar-refractivity contribution in [3.8, 4) is 5.75 Å². The van der Waals surface area contributed by atoms with Gasteiger partial charge in [0.05, 0.1) is 5.02 Å². The number of hydrogen-bond donors (Lipinski definition) is 2. The summed E-state index contributed by atoms with van der Waals surface area (Å²) >= 11 is 6.03. The number of anilines is 1. The van der Waals surface area contributed by atoms with Crippen LogP contribution in [0, 0.1) is 12.8 Å². The smallest absolute Gasteiger partial charge is 0.272 e. The third-order valence-corrected chi connectivity index (χ3v) is 4.10. The van der Waals surface area contributed by atoms with Gasteiger partial charge in [-0.1, -0.05) is 31.5 Å². The fourth-order valence-corrected chi connectivity index (χ4v) is 2.60. The molecule has 2 amide bonds. The van der Waals surface area contributed by atoms with Crippen molar-refractivity contribution in [1.29, 1.82) is 0 Å². The Morgan fingerprint density at radius 2 is 1.93 bits per heavy atom. The molecule has 0 spiro atoms. The largest absolute Gasteiger partial charge is 0.486 e. The summed E-state index contributed by atoms with van der Waals surface area (Å²) in [7, 11) is 0. The number of aryl methyl sites for hydroxylation is 1. The first-order valence-electron chi connectivity index (χ1n) is 8.93. The summed E-state index contributed by atoms with van der Waals surface area (Å²) in [4.78, 5) is 28.5. The second-order valence-electron chi connectivity index (χ2n) is 6.68. The molecule has 0 saturated carbocycles. The van der Waals surface area contributed by atoms with Gasteiger partial charge in [0.2, 0.25) is 5.91 Å². The topological polar surface area (TPSA) is 80.3 Å². The molecule has 0 unspecified atom stereocenters. The summed E-state index contributed by atoms with van der Waals surface area (Å²) < 4.78 is 29.4. The number of ether oxygens (including phenoxy) is 1. The molecule has 0 radical (unpaired) electrons. The number of nitrogens with zero attached hydrogens (tertiary/aromatic N) is 1. The molecule has 0 atom stereocenters. The SMILES string of the molecule is Cc1cc(C(=O)NCc2ccc(OCC(F)F)c(Cl)c2)cc(NC(=O)C(C)C)n1. The standard InChI is InChI=1S/C20H22ClF2N3O3/c1-11(2)19(27)26-18-8-14(6-12(3)25-18)20(28)24-9-13-4-5-16(15(21)7-13)29-10-17(22)23/h4-8,11,17H,9-10H2,1-3H3,(H,24,28)(H,25,26,27). The van der Waals surface area contributed by atoms with E-state index in [2.05, 4.69) is 15.6 Å². The molecule has 0 bridgehead atoms. The van der Waals surface area contributed by atoms with E-state index in [0.29, 0.717) is 22.6 Å². The first-order valence-corrected chi connectivity index (χ1v) is 9.30. The molecule has 1 heterocycles. The molecule has 156 valence electrons. The van der Waals surface area contributed by atoms with Gasteiger partial charge in [0.25, 0.3) is 12.3 Å². The van der Waals surface area contributed by atoms with Crippen LogP contribution in [-0.4, -0.2) is 29.8 Å². The molecule has 0 aliphatic heterocycles. The maximum absolute atomic E-state index is 12.5. The molecule has 29 heavy (non-hydrogen) atoms. The molecule has 2 N–H and O–H groups in total. The van der Waals surface area contributed by atoms with Crippen LogP contribution in [0.5, 0.6) is 5.75 Å². The summed E-state index contributed by atoms with van der Waals surface area (Å²) in [6.07, 6.45) is -2.59. The number of nitrogens with one attached hydrogen (secondary N) is 2. The van der Waals surface area contributed by atoms with E-state index in [1.54, 1.807) is 32.9 Å². The number of hydrogen-bond acceptors (Lipinski definition) is 4. The van der Waals surface area contributed by atoms with Gasteiger partial charge >= 0.3 is 0 Å². The molecule has 6 nitrogen and oxygen atoms in total. The van der Waals surface area contributed by atoms with Crippen LogP contribution < -0.4 is 15.4 Å². The Morgan fingerprint density at radius 1 is 1.21 bits per heavy atom. The van der Waals surface area contributed by atoms with E-state index < -0.39 is 13.0 Å². The van der Waals surface area contributed by atoms with Crippen molar-refractivity contribution in [1.82, 2.24) is 10.3 Å². The lowest BCUT2D eigenvalue weighted by Gasteiger charge is -2.11. The first kappa shape index (κ1) is 22.5. The predicted octanol–water partition coefficient (Wildman–Crippen LogP) is 4.21. The minimum atomic E-state index is -2.59. The fraction of sp³-hybridized carbons (Fsp3) is 0.350. The minimum Gasteiger partial charge on any atom is -0.486 e. The van der Waals surface area contributed by atoms with Crippen LogP contribution in [0.15, 0.2) is 30.3 Å². The van der Waals surface area contributed by atoms with Crippen LogP contribution in [-0.2, 0) is 11.3 Å². The quantitative estimate of drug-likeness (QED) is 0.663. The molecular formula is C20H22ClF2N3O3.